The van der Waals surface area contributed by atoms with E-state index >= 15 is 0 Å². The summed E-state index contributed by atoms with van der Waals surface area (Å²) >= 11 is 0. The van der Waals surface area contributed by atoms with Gasteiger partial charge in [0.2, 0.25) is 20.0 Å². The van der Waals surface area contributed by atoms with E-state index in [1.54, 1.807) is 13.8 Å². The Hall–Kier alpha value is -0.960. The van der Waals surface area contributed by atoms with Crippen LogP contribution in [0.3, 0.4) is 0 Å². The monoisotopic (exact) mass is 320 g/mol. The maximum atomic E-state index is 12.5. The van der Waals surface area contributed by atoms with Crippen molar-refractivity contribution in [1.82, 2.24) is 4.31 Å². The molecule has 0 saturated heterocycles. The van der Waals surface area contributed by atoms with Gasteiger partial charge in [-0.1, -0.05) is 6.92 Å². The summed E-state index contributed by atoms with van der Waals surface area (Å²) < 4.78 is 48.6. The quantitative estimate of drug-likeness (QED) is 0.850. The fourth-order valence-corrected chi connectivity index (χ4v) is 4.06. The Bertz CT molecular complexity index is 649. The number of sulfonamides is 2. The molecule has 114 valence electrons. The van der Waals surface area contributed by atoms with E-state index in [-0.39, 0.29) is 15.8 Å². The SMILES string of the molecule is CCCN(C(C)C)S(=O)(=O)c1ccc(S(N)(=O)=O)cc1. The van der Waals surface area contributed by atoms with E-state index in [4.69, 9.17) is 5.14 Å². The summed E-state index contributed by atoms with van der Waals surface area (Å²) in [4.78, 5) is -0.0462. The van der Waals surface area contributed by atoms with Crippen molar-refractivity contribution >= 4 is 20.0 Å². The van der Waals surface area contributed by atoms with Crippen molar-refractivity contribution in [3.8, 4) is 0 Å². The molecule has 0 atom stereocenters. The topological polar surface area (TPSA) is 97.5 Å². The molecule has 1 aromatic rings. The van der Waals surface area contributed by atoms with Gasteiger partial charge in [0.15, 0.2) is 0 Å². The standard InChI is InChI=1S/C12H20N2O4S2/c1-4-9-14(10(2)3)20(17,18)12-7-5-11(6-8-12)19(13,15)16/h5-8,10H,4,9H2,1-3H3,(H2,13,15,16). The molecular formula is C12H20N2O4S2. The highest BCUT2D eigenvalue weighted by Crippen LogP contribution is 2.20. The van der Waals surface area contributed by atoms with Crippen LogP contribution in [0, 0.1) is 0 Å². The largest absolute Gasteiger partial charge is 0.243 e. The minimum atomic E-state index is -3.82. The third kappa shape index (κ3) is 3.78. The number of hydrogen-bond acceptors (Lipinski definition) is 4. The van der Waals surface area contributed by atoms with Gasteiger partial charge in [-0.15, -0.1) is 0 Å². The van der Waals surface area contributed by atoms with Crippen LogP contribution in [0.15, 0.2) is 34.1 Å². The smallest absolute Gasteiger partial charge is 0.225 e. The highest BCUT2D eigenvalue weighted by Gasteiger charge is 2.26. The van der Waals surface area contributed by atoms with Crippen LogP contribution in [-0.2, 0) is 20.0 Å². The lowest BCUT2D eigenvalue weighted by Crippen LogP contribution is -2.37. The van der Waals surface area contributed by atoms with E-state index in [1.807, 2.05) is 6.92 Å². The van der Waals surface area contributed by atoms with Crippen LogP contribution in [-0.4, -0.2) is 33.7 Å². The minimum absolute atomic E-state index is 0.0621. The predicted octanol–water partition coefficient (Wildman–Crippen LogP) is 1.14. The van der Waals surface area contributed by atoms with Crippen molar-refractivity contribution in [2.75, 3.05) is 6.54 Å². The predicted molar refractivity (Wildman–Crippen MR) is 77.1 cm³/mol. The van der Waals surface area contributed by atoms with Crippen LogP contribution >= 0.6 is 0 Å². The maximum Gasteiger partial charge on any atom is 0.243 e. The molecule has 0 spiro atoms. The van der Waals surface area contributed by atoms with E-state index in [0.717, 1.165) is 0 Å². The molecule has 0 aliphatic heterocycles. The normalized spacial score (nSPS) is 13.1. The van der Waals surface area contributed by atoms with Crippen LogP contribution in [0.1, 0.15) is 27.2 Å². The van der Waals surface area contributed by atoms with Gasteiger partial charge in [-0.05, 0) is 44.5 Å². The lowest BCUT2D eigenvalue weighted by atomic mass is 10.4. The van der Waals surface area contributed by atoms with E-state index < -0.39 is 20.0 Å². The minimum Gasteiger partial charge on any atom is -0.225 e. The Morgan fingerprint density at radius 2 is 1.50 bits per heavy atom. The van der Waals surface area contributed by atoms with Crippen molar-refractivity contribution in [3.05, 3.63) is 24.3 Å². The summed E-state index contributed by atoms with van der Waals surface area (Å²) in [6.07, 6.45) is 0.701. The van der Waals surface area contributed by atoms with Crippen LogP contribution in [0.4, 0.5) is 0 Å². The van der Waals surface area contributed by atoms with E-state index in [2.05, 4.69) is 0 Å². The second kappa shape index (κ2) is 6.21. The fourth-order valence-electron chi connectivity index (χ4n) is 1.81. The molecular weight excluding hydrogens is 300 g/mol. The average molecular weight is 320 g/mol. The van der Waals surface area contributed by atoms with E-state index in [9.17, 15) is 16.8 Å². The molecule has 20 heavy (non-hydrogen) atoms. The van der Waals surface area contributed by atoms with Gasteiger partial charge in [-0.3, -0.25) is 0 Å². The number of nitrogens with two attached hydrogens (primary N) is 1. The van der Waals surface area contributed by atoms with Crippen molar-refractivity contribution in [2.45, 2.75) is 43.0 Å². The Morgan fingerprint density at radius 1 is 1.05 bits per heavy atom. The molecule has 6 nitrogen and oxygen atoms in total. The zero-order chi connectivity index (χ0) is 15.6. The molecule has 8 heteroatoms. The second-order valence-electron chi connectivity index (χ2n) is 4.73. The molecule has 1 aromatic carbocycles. The van der Waals surface area contributed by atoms with Gasteiger partial charge in [0.1, 0.15) is 0 Å². The van der Waals surface area contributed by atoms with Crippen LogP contribution in [0.5, 0.6) is 0 Å². The number of hydrogen-bond donors (Lipinski definition) is 1. The fraction of sp³-hybridized carbons (Fsp3) is 0.500. The van der Waals surface area contributed by atoms with Crippen molar-refractivity contribution in [3.63, 3.8) is 0 Å². The molecule has 0 radical (unpaired) electrons. The Kier molecular flexibility index (Phi) is 5.31. The third-order valence-electron chi connectivity index (χ3n) is 2.78. The zero-order valence-corrected chi connectivity index (χ0v) is 13.4. The molecule has 0 saturated carbocycles. The first-order valence-electron chi connectivity index (χ1n) is 6.25. The van der Waals surface area contributed by atoms with Crippen molar-refractivity contribution < 1.29 is 16.8 Å². The summed E-state index contributed by atoms with van der Waals surface area (Å²) in [5, 5.41) is 4.98. The molecule has 0 fully saturated rings. The van der Waals surface area contributed by atoms with Crippen LogP contribution in [0.2, 0.25) is 0 Å². The first-order valence-corrected chi connectivity index (χ1v) is 9.24. The molecule has 0 unspecified atom stereocenters. The van der Waals surface area contributed by atoms with Gasteiger partial charge in [-0.2, -0.15) is 4.31 Å². The Labute approximate surface area is 120 Å². The van der Waals surface area contributed by atoms with Gasteiger partial charge >= 0.3 is 0 Å². The number of rotatable bonds is 6. The average Bonchev–Trinajstić information content (AvgIpc) is 2.34. The third-order valence-corrected chi connectivity index (χ3v) is 5.80. The lowest BCUT2D eigenvalue weighted by Gasteiger charge is -2.25. The van der Waals surface area contributed by atoms with Crippen LogP contribution < -0.4 is 5.14 Å². The molecule has 0 heterocycles. The molecule has 0 amide bonds. The summed E-state index contributed by atoms with van der Waals surface area (Å²) in [5.41, 5.74) is 0. The van der Waals surface area contributed by atoms with E-state index in [0.29, 0.717) is 13.0 Å². The lowest BCUT2D eigenvalue weighted by molar-refractivity contribution is 0.354. The van der Waals surface area contributed by atoms with Gasteiger partial charge < -0.3 is 0 Å². The summed E-state index contributed by atoms with van der Waals surface area (Å²) in [6, 6.07) is 4.76. The second-order valence-corrected chi connectivity index (χ2v) is 8.18. The maximum absolute atomic E-state index is 12.5. The zero-order valence-electron chi connectivity index (χ0n) is 11.8. The molecule has 1 rings (SSSR count). The van der Waals surface area contributed by atoms with Crippen molar-refractivity contribution in [1.29, 1.82) is 0 Å². The first kappa shape index (κ1) is 17.1. The molecule has 0 aliphatic carbocycles. The van der Waals surface area contributed by atoms with E-state index in [1.165, 1.54) is 28.6 Å². The number of nitrogens with zero attached hydrogens (tertiary/aromatic N) is 1. The van der Waals surface area contributed by atoms with Crippen LogP contribution in [0.25, 0.3) is 0 Å². The van der Waals surface area contributed by atoms with Gasteiger partial charge in [0, 0.05) is 12.6 Å². The number of benzene rings is 1. The highest BCUT2D eigenvalue weighted by atomic mass is 32.2. The molecule has 0 aromatic heterocycles. The molecule has 0 aliphatic rings. The highest BCUT2D eigenvalue weighted by molar-refractivity contribution is 7.89. The molecule has 2 N–H and O–H groups in total. The summed E-state index contributed by atoms with van der Waals surface area (Å²) in [5.74, 6) is 0. The molecule has 0 bridgehead atoms. The van der Waals surface area contributed by atoms with Crippen molar-refractivity contribution in [2.24, 2.45) is 5.14 Å². The Balaban J connectivity index is 3.22. The summed E-state index contributed by atoms with van der Waals surface area (Å²) in [6.45, 7) is 5.91. The van der Waals surface area contributed by atoms with Gasteiger partial charge in [-0.25, -0.2) is 22.0 Å². The van der Waals surface area contributed by atoms with Gasteiger partial charge in [0.25, 0.3) is 0 Å². The first-order chi connectivity index (χ1) is 9.10. The number of primary sulfonamides is 1. The van der Waals surface area contributed by atoms with Gasteiger partial charge in [0.05, 0.1) is 9.79 Å². The Morgan fingerprint density at radius 3 is 1.85 bits per heavy atom. The summed E-state index contributed by atoms with van der Waals surface area (Å²) in [7, 11) is -7.45.